The van der Waals surface area contributed by atoms with Crippen LogP contribution in [0.1, 0.15) is 18.9 Å². The van der Waals surface area contributed by atoms with Gasteiger partial charge in [0.2, 0.25) is 5.91 Å². The van der Waals surface area contributed by atoms with Gasteiger partial charge in [0.1, 0.15) is 5.58 Å². The van der Waals surface area contributed by atoms with Gasteiger partial charge in [0.15, 0.2) is 0 Å². The van der Waals surface area contributed by atoms with Crippen molar-refractivity contribution in [3.8, 4) is 0 Å². The van der Waals surface area contributed by atoms with Crippen LogP contribution in [0, 0.1) is 0 Å². The Morgan fingerprint density at radius 1 is 1.24 bits per heavy atom. The van der Waals surface area contributed by atoms with E-state index in [0.29, 0.717) is 31.0 Å². The van der Waals surface area contributed by atoms with Crippen molar-refractivity contribution in [3.05, 3.63) is 40.2 Å². The van der Waals surface area contributed by atoms with Gasteiger partial charge in [-0.15, -0.1) is 0 Å². The summed E-state index contributed by atoms with van der Waals surface area (Å²) in [6.45, 7) is 3.69. The number of nitrogens with one attached hydrogen (secondary N) is 2. The molecule has 0 saturated carbocycles. The molecule has 1 aromatic carbocycles. The molecule has 29 heavy (non-hydrogen) atoms. The lowest BCUT2D eigenvalue weighted by Crippen LogP contribution is -2.35. The summed E-state index contributed by atoms with van der Waals surface area (Å²) in [4.78, 5) is 37.3. The Morgan fingerprint density at radius 3 is 2.76 bits per heavy atom. The van der Waals surface area contributed by atoms with E-state index in [1.165, 1.54) is 6.07 Å². The molecule has 0 bridgehead atoms. The second-order valence-electron chi connectivity index (χ2n) is 6.52. The van der Waals surface area contributed by atoms with E-state index in [2.05, 4.69) is 10.6 Å². The first-order valence-electron chi connectivity index (χ1n) is 9.37. The molecule has 2 aromatic rings. The van der Waals surface area contributed by atoms with Crippen LogP contribution >= 0.6 is 0 Å². The van der Waals surface area contributed by atoms with Gasteiger partial charge in [-0.05, 0) is 38.1 Å². The highest BCUT2D eigenvalue weighted by Gasteiger charge is 2.12. The van der Waals surface area contributed by atoms with E-state index in [4.69, 9.17) is 13.9 Å². The number of ether oxygens (including phenoxy) is 2. The predicted molar refractivity (Wildman–Crippen MR) is 109 cm³/mol. The molecule has 2 N–H and O–H groups in total. The van der Waals surface area contributed by atoms with Gasteiger partial charge in [0.05, 0.1) is 13.2 Å². The minimum atomic E-state index is -0.582. The van der Waals surface area contributed by atoms with E-state index in [1.54, 1.807) is 39.3 Å². The van der Waals surface area contributed by atoms with Crippen molar-refractivity contribution in [3.63, 3.8) is 0 Å². The lowest BCUT2D eigenvalue weighted by molar-refractivity contribution is -0.122. The topological polar surface area (TPSA) is 110 Å². The Labute approximate surface area is 169 Å². The molecule has 0 aliphatic rings. The van der Waals surface area contributed by atoms with Crippen LogP contribution in [0.3, 0.4) is 0 Å². The zero-order chi connectivity index (χ0) is 21.2. The van der Waals surface area contributed by atoms with Crippen LogP contribution in [-0.4, -0.2) is 57.4 Å². The number of rotatable bonds is 10. The number of hydrogen-bond acceptors (Lipinski definition) is 7. The lowest BCUT2D eigenvalue weighted by Gasteiger charge is -2.17. The first-order chi connectivity index (χ1) is 13.9. The number of nitrogens with zero attached hydrogens (tertiary/aromatic N) is 1. The van der Waals surface area contributed by atoms with E-state index in [-0.39, 0.29) is 19.1 Å². The number of methoxy groups -OCH3 is 1. The third-order valence-electron chi connectivity index (χ3n) is 4.05. The summed E-state index contributed by atoms with van der Waals surface area (Å²) in [5.74, 6) is -0.100. The van der Waals surface area contributed by atoms with E-state index < -0.39 is 11.7 Å². The molecule has 9 nitrogen and oxygen atoms in total. The van der Waals surface area contributed by atoms with Gasteiger partial charge < -0.3 is 19.2 Å². The highest BCUT2D eigenvalue weighted by atomic mass is 16.5. The van der Waals surface area contributed by atoms with Gasteiger partial charge in [-0.2, -0.15) is 0 Å². The molecule has 0 spiro atoms. The number of fused-ring (bicyclic) bond motifs is 1. The van der Waals surface area contributed by atoms with Crippen LogP contribution in [-0.2, 0) is 20.8 Å². The summed E-state index contributed by atoms with van der Waals surface area (Å²) in [5.41, 5.74) is 1.03. The van der Waals surface area contributed by atoms with E-state index in [9.17, 15) is 14.4 Å². The van der Waals surface area contributed by atoms with Crippen molar-refractivity contribution in [1.29, 1.82) is 0 Å². The monoisotopic (exact) mass is 405 g/mol. The van der Waals surface area contributed by atoms with Gasteiger partial charge in [-0.25, -0.2) is 9.59 Å². The van der Waals surface area contributed by atoms with E-state index in [1.807, 2.05) is 4.90 Å². The normalized spacial score (nSPS) is 10.9. The summed E-state index contributed by atoms with van der Waals surface area (Å²) in [6.07, 6.45) is 0.167. The van der Waals surface area contributed by atoms with E-state index >= 15 is 0 Å². The second-order valence-corrected chi connectivity index (χ2v) is 6.52. The third kappa shape index (κ3) is 7.20. The summed E-state index contributed by atoms with van der Waals surface area (Å²) in [6, 6.07) is 6.44. The standard InChI is InChI=1S/C20H27N3O6/c1-4-28-20(26)22-15-6-7-16-14(10-19(25)29-17(16)11-15)12-23(2)13-18(24)21-8-5-9-27-3/h6-7,10-11H,4-5,8-9,12-13H2,1-3H3,(H,21,24)(H,22,26). The van der Waals surface area contributed by atoms with Gasteiger partial charge in [-0.1, -0.05) is 0 Å². The fourth-order valence-electron chi connectivity index (χ4n) is 2.82. The first-order valence-corrected chi connectivity index (χ1v) is 9.37. The quantitative estimate of drug-likeness (QED) is 0.459. The van der Waals surface area contributed by atoms with Crippen molar-refractivity contribution in [1.82, 2.24) is 10.2 Å². The van der Waals surface area contributed by atoms with Crippen LogP contribution in [0.5, 0.6) is 0 Å². The molecular formula is C20H27N3O6. The molecule has 0 aliphatic carbocycles. The highest BCUT2D eigenvalue weighted by Crippen LogP contribution is 2.22. The maximum absolute atomic E-state index is 12.0. The minimum absolute atomic E-state index is 0.100. The molecule has 1 aromatic heterocycles. The smallest absolute Gasteiger partial charge is 0.411 e. The minimum Gasteiger partial charge on any atom is -0.450 e. The Kier molecular flexibility index (Phi) is 8.63. The number of carbonyl (C=O) groups excluding carboxylic acids is 2. The zero-order valence-corrected chi connectivity index (χ0v) is 16.9. The number of anilines is 1. The number of likely N-dealkylation sites (N-methyl/N-ethyl adjacent to an activating group) is 1. The van der Waals surface area contributed by atoms with Crippen molar-refractivity contribution in [2.45, 2.75) is 19.9 Å². The van der Waals surface area contributed by atoms with E-state index in [0.717, 1.165) is 17.4 Å². The van der Waals surface area contributed by atoms with Crippen LogP contribution in [0.15, 0.2) is 33.5 Å². The Morgan fingerprint density at radius 2 is 2.03 bits per heavy atom. The lowest BCUT2D eigenvalue weighted by atomic mass is 10.1. The molecule has 2 rings (SSSR count). The van der Waals surface area contributed by atoms with Crippen molar-refractivity contribution in [2.24, 2.45) is 0 Å². The van der Waals surface area contributed by atoms with Crippen molar-refractivity contribution < 1.29 is 23.5 Å². The number of benzene rings is 1. The predicted octanol–water partition coefficient (Wildman–Crippen LogP) is 1.95. The van der Waals surface area contributed by atoms with Gasteiger partial charge in [-0.3, -0.25) is 15.0 Å². The van der Waals surface area contributed by atoms with Crippen LogP contribution in [0.25, 0.3) is 11.0 Å². The molecule has 0 atom stereocenters. The van der Waals surface area contributed by atoms with Crippen LogP contribution in [0.2, 0.25) is 0 Å². The molecule has 0 radical (unpaired) electrons. The summed E-state index contributed by atoms with van der Waals surface area (Å²) < 4.78 is 15.1. The van der Waals surface area contributed by atoms with Crippen LogP contribution < -0.4 is 16.3 Å². The molecule has 0 fully saturated rings. The van der Waals surface area contributed by atoms with Crippen LogP contribution in [0.4, 0.5) is 10.5 Å². The zero-order valence-electron chi connectivity index (χ0n) is 16.9. The molecule has 158 valence electrons. The van der Waals surface area contributed by atoms with Gasteiger partial charge in [0.25, 0.3) is 0 Å². The Balaban J connectivity index is 2.07. The number of hydrogen-bond donors (Lipinski definition) is 2. The molecule has 0 aliphatic heterocycles. The average Bonchev–Trinajstić information content (AvgIpc) is 2.65. The Bertz CT molecular complexity index is 895. The van der Waals surface area contributed by atoms with Crippen molar-refractivity contribution in [2.75, 3.05) is 45.8 Å². The number of amides is 2. The largest absolute Gasteiger partial charge is 0.450 e. The third-order valence-corrected chi connectivity index (χ3v) is 4.05. The van der Waals surface area contributed by atoms with Gasteiger partial charge >= 0.3 is 11.7 Å². The summed E-state index contributed by atoms with van der Waals surface area (Å²) in [5, 5.41) is 6.13. The maximum Gasteiger partial charge on any atom is 0.411 e. The molecular weight excluding hydrogens is 378 g/mol. The molecule has 0 saturated heterocycles. The van der Waals surface area contributed by atoms with Crippen molar-refractivity contribution >= 4 is 28.7 Å². The highest BCUT2D eigenvalue weighted by molar-refractivity contribution is 5.90. The fraction of sp³-hybridized carbons (Fsp3) is 0.450. The SMILES string of the molecule is CCOC(=O)Nc1ccc2c(CN(C)CC(=O)NCCCOC)cc(=O)oc2c1. The van der Waals surface area contributed by atoms with Gasteiger partial charge in [0, 0.05) is 50.0 Å². The molecule has 9 heteroatoms. The molecule has 1 heterocycles. The first kappa shape index (κ1) is 22.4. The second kappa shape index (κ2) is 11.2. The maximum atomic E-state index is 12.0. The Hall–Kier alpha value is -2.91. The molecule has 0 unspecified atom stereocenters. The molecule has 2 amide bonds. The average molecular weight is 405 g/mol. The number of carbonyl (C=O) groups is 2. The summed E-state index contributed by atoms with van der Waals surface area (Å²) in [7, 11) is 3.41. The fourth-order valence-corrected chi connectivity index (χ4v) is 2.82. The summed E-state index contributed by atoms with van der Waals surface area (Å²) >= 11 is 0.